The van der Waals surface area contributed by atoms with Gasteiger partial charge in [0.2, 0.25) is 5.91 Å². The number of amides is 1. The molecule has 1 amide bonds. The average Bonchev–Trinajstić information content (AvgIpc) is 3.29. The van der Waals surface area contributed by atoms with E-state index < -0.39 is 11.7 Å². The van der Waals surface area contributed by atoms with E-state index in [0.717, 1.165) is 40.0 Å². The fourth-order valence-electron chi connectivity index (χ4n) is 3.36. The minimum atomic E-state index is -4.34. The first-order valence-corrected chi connectivity index (χ1v) is 8.39. The second kappa shape index (κ2) is 5.90. The maximum Gasteiger partial charge on any atom is 0.416 e. The summed E-state index contributed by atoms with van der Waals surface area (Å²) >= 11 is 0. The lowest BCUT2D eigenvalue weighted by Gasteiger charge is -2.08. The van der Waals surface area contributed by atoms with Gasteiger partial charge in [-0.15, -0.1) is 0 Å². The van der Waals surface area contributed by atoms with E-state index >= 15 is 0 Å². The van der Waals surface area contributed by atoms with Crippen LogP contribution in [0.15, 0.2) is 48.5 Å². The van der Waals surface area contributed by atoms with E-state index in [1.54, 1.807) is 0 Å². The zero-order valence-corrected chi connectivity index (χ0v) is 14.0. The quantitative estimate of drug-likeness (QED) is 0.661. The highest BCUT2D eigenvalue weighted by atomic mass is 19.4. The van der Waals surface area contributed by atoms with Crippen molar-refractivity contribution in [2.24, 2.45) is 5.92 Å². The fourth-order valence-corrected chi connectivity index (χ4v) is 3.36. The van der Waals surface area contributed by atoms with Gasteiger partial charge in [0.15, 0.2) is 0 Å². The highest BCUT2D eigenvalue weighted by molar-refractivity contribution is 5.97. The van der Waals surface area contributed by atoms with E-state index in [-0.39, 0.29) is 17.7 Å². The van der Waals surface area contributed by atoms with E-state index in [1.165, 1.54) is 12.1 Å². The molecule has 134 valence electrons. The minimum absolute atomic E-state index is 0.0180. The van der Waals surface area contributed by atoms with Crippen molar-refractivity contribution in [3.63, 3.8) is 0 Å². The van der Waals surface area contributed by atoms with Gasteiger partial charge in [0.05, 0.1) is 5.56 Å². The van der Waals surface area contributed by atoms with Crippen molar-refractivity contribution in [2.75, 3.05) is 5.32 Å². The largest absolute Gasteiger partial charge is 0.416 e. The molecule has 0 aliphatic heterocycles. The number of benzene rings is 2. The predicted molar refractivity (Wildman–Crippen MR) is 94.0 cm³/mol. The summed E-state index contributed by atoms with van der Waals surface area (Å²) in [5, 5.41) is 3.93. The number of alkyl halides is 3. The van der Waals surface area contributed by atoms with Gasteiger partial charge in [0.1, 0.15) is 0 Å². The van der Waals surface area contributed by atoms with Gasteiger partial charge in [0.25, 0.3) is 0 Å². The molecule has 4 rings (SSSR count). The monoisotopic (exact) mass is 358 g/mol. The van der Waals surface area contributed by atoms with Crippen LogP contribution in [-0.4, -0.2) is 10.9 Å². The Morgan fingerprint density at radius 1 is 1.12 bits per heavy atom. The lowest BCUT2D eigenvalue weighted by atomic mass is 10.1. The van der Waals surface area contributed by atoms with Crippen molar-refractivity contribution in [1.82, 2.24) is 4.98 Å². The number of aryl methyl sites for hydroxylation is 1. The zero-order chi connectivity index (χ0) is 18.5. The molecular weight excluding hydrogens is 341 g/mol. The number of aromatic nitrogens is 1. The SMILES string of the molecule is Cc1cc2cc(NC(=O)C3CC3c3ccc(C(F)(F)F)cc3)ccc2[nH]1. The molecule has 3 nitrogen and oxygen atoms in total. The van der Waals surface area contributed by atoms with Crippen LogP contribution in [-0.2, 0) is 11.0 Å². The van der Waals surface area contributed by atoms with Crippen molar-refractivity contribution in [2.45, 2.75) is 25.4 Å². The summed E-state index contributed by atoms with van der Waals surface area (Å²) in [4.78, 5) is 15.7. The molecule has 2 aromatic carbocycles. The maximum atomic E-state index is 12.6. The molecule has 2 unspecified atom stereocenters. The Morgan fingerprint density at radius 3 is 2.54 bits per heavy atom. The van der Waals surface area contributed by atoms with Gasteiger partial charge in [-0.2, -0.15) is 13.2 Å². The lowest BCUT2D eigenvalue weighted by Crippen LogP contribution is -2.14. The predicted octanol–water partition coefficient (Wildman–Crippen LogP) is 5.24. The van der Waals surface area contributed by atoms with Crippen molar-refractivity contribution in [3.8, 4) is 0 Å². The van der Waals surface area contributed by atoms with Gasteiger partial charge in [-0.25, -0.2) is 0 Å². The van der Waals surface area contributed by atoms with E-state index in [2.05, 4.69) is 10.3 Å². The number of carbonyl (C=O) groups is 1. The molecule has 6 heteroatoms. The number of aromatic amines is 1. The maximum absolute atomic E-state index is 12.6. The smallest absolute Gasteiger partial charge is 0.359 e. The van der Waals surface area contributed by atoms with E-state index in [4.69, 9.17) is 0 Å². The summed E-state index contributed by atoms with van der Waals surface area (Å²) in [5.41, 5.74) is 2.88. The Bertz CT molecular complexity index is 973. The van der Waals surface area contributed by atoms with E-state index in [0.29, 0.717) is 6.42 Å². The highest BCUT2D eigenvalue weighted by Crippen LogP contribution is 2.48. The Labute approximate surface area is 148 Å². The highest BCUT2D eigenvalue weighted by Gasteiger charge is 2.44. The molecule has 1 saturated carbocycles. The summed E-state index contributed by atoms with van der Waals surface area (Å²) in [6, 6.07) is 12.8. The first-order valence-electron chi connectivity index (χ1n) is 8.39. The number of carbonyl (C=O) groups excluding carboxylic acids is 1. The Morgan fingerprint density at radius 2 is 1.85 bits per heavy atom. The molecule has 1 heterocycles. The molecule has 0 bridgehead atoms. The molecule has 0 spiro atoms. The summed E-state index contributed by atoms with van der Waals surface area (Å²) in [6.07, 6.45) is -3.68. The number of hydrogen-bond donors (Lipinski definition) is 2. The van der Waals surface area contributed by atoms with E-state index in [9.17, 15) is 18.0 Å². The van der Waals surface area contributed by atoms with Crippen LogP contribution in [0, 0.1) is 12.8 Å². The number of nitrogens with one attached hydrogen (secondary N) is 2. The van der Waals surface area contributed by atoms with Crippen LogP contribution >= 0.6 is 0 Å². The number of halogens is 3. The lowest BCUT2D eigenvalue weighted by molar-refractivity contribution is -0.137. The fraction of sp³-hybridized carbons (Fsp3) is 0.250. The van der Waals surface area contributed by atoms with Crippen LogP contribution in [0.1, 0.15) is 29.2 Å². The third kappa shape index (κ3) is 3.19. The molecule has 0 radical (unpaired) electrons. The van der Waals surface area contributed by atoms with E-state index in [1.807, 2.05) is 31.2 Å². The van der Waals surface area contributed by atoms with Gasteiger partial charge in [-0.05, 0) is 61.2 Å². The van der Waals surface area contributed by atoms with Gasteiger partial charge in [-0.3, -0.25) is 4.79 Å². The standard InChI is InChI=1S/C20H17F3N2O/c1-11-8-13-9-15(6-7-18(13)24-11)25-19(26)17-10-16(17)12-2-4-14(5-3-12)20(21,22)23/h2-9,16-17,24H,10H2,1H3,(H,25,26). The number of anilines is 1. The number of hydrogen-bond acceptors (Lipinski definition) is 1. The first-order chi connectivity index (χ1) is 12.3. The van der Waals surface area contributed by atoms with Crippen molar-refractivity contribution < 1.29 is 18.0 Å². The molecule has 1 aromatic heterocycles. The topological polar surface area (TPSA) is 44.9 Å². The summed E-state index contributed by atoms with van der Waals surface area (Å²) < 4.78 is 37.9. The van der Waals surface area contributed by atoms with Crippen LogP contribution in [0.4, 0.5) is 18.9 Å². The van der Waals surface area contributed by atoms with Gasteiger partial charge in [0, 0.05) is 28.2 Å². The zero-order valence-electron chi connectivity index (χ0n) is 14.0. The van der Waals surface area contributed by atoms with Crippen molar-refractivity contribution in [3.05, 3.63) is 65.4 Å². The van der Waals surface area contributed by atoms with Crippen LogP contribution in [0.25, 0.3) is 10.9 Å². The van der Waals surface area contributed by atoms with Crippen molar-refractivity contribution in [1.29, 1.82) is 0 Å². The molecule has 2 atom stereocenters. The molecule has 1 fully saturated rings. The molecular formula is C20H17F3N2O. The minimum Gasteiger partial charge on any atom is -0.359 e. The van der Waals surface area contributed by atoms with Crippen LogP contribution in [0.5, 0.6) is 0 Å². The summed E-state index contributed by atoms with van der Waals surface area (Å²) in [6.45, 7) is 1.97. The molecule has 2 N–H and O–H groups in total. The Balaban J connectivity index is 1.43. The first kappa shape index (κ1) is 16.7. The molecule has 1 aliphatic carbocycles. The molecule has 0 saturated heterocycles. The summed E-state index contributed by atoms with van der Waals surface area (Å²) in [7, 11) is 0. The van der Waals surface area contributed by atoms with Gasteiger partial charge in [-0.1, -0.05) is 12.1 Å². The van der Waals surface area contributed by atoms with Gasteiger partial charge < -0.3 is 10.3 Å². The Hall–Kier alpha value is -2.76. The number of H-pyrrole nitrogens is 1. The van der Waals surface area contributed by atoms with Crippen LogP contribution in [0.3, 0.4) is 0 Å². The Kier molecular flexibility index (Phi) is 3.79. The van der Waals surface area contributed by atoms with Crippen LogP contribution < -0.4 is 5.32 Å². The normalized spacial score (nSPS) is 19.5. The number of fused-ring (bicyclic) bond motifs is 1. The number of rotatable bonds is 3. The molecule has 3 aromatic rings. The van der Waals surface area contributed by atoms with Crippen LogP contribution in [0.2, 0.25) is 0 Å². The average molecular weight is 358 g/mol. The second-order valence-electron chi connectivity index (χ2n) is 6.81. The van der Waals surface area contributed by atoms with Crippen molar-refractivity contribution >= 4 is 22.5 Å². The third-order valence-electron chi connectivity index (χ3n) is 4.82. The molecule has 1 aliphatic rings. The van der Waals surface area contributed by atoms with Gasteiger partial charge >= 0.3 is 6.18 Å². The summed E-state index contributed by atoms with van der Waals surface area (Å²) in [5.74, 6) is -0.313. The third-order valence-corrected chi connectivity index (χ3v) is 4.82. The second-order valence-corrected chi connectivity index (χ2v) is 6.81. The molecule has 26 heavy (non-hydrogen) atoms.